The van der Waals surface area contributed by atoms with Gasteiger partial charge >= 0.3 is 0 Å². The molecule has 0 radical (unpaired) electrons. The largest absolute Gasteiger partial charge is 0.489 e. The van der Waals surface area contributed by atoms with Gasteiger partial charge in [0.25, 0.3) is 0 Å². The van der Waals surface area contributed by atoms with Gasteiger partial charge in [0.1, 0.15) is 12.4 Å². The van der Waals surface area contributed by atoms with Crippen molar-refractivity contribution < 1.29 is 14.3 Å². The van der Waals surface area contributed by atoms with E-state index in [9.17, 15) is 4.79 Å². The number of rotatable bonds is 7. The van der Waals surface area contributed by atoms with Crippen LogP contribution in [0.5, 0.6) is 5.75 Å². The van der Waals surface area contributed by atoms with Crippen LogP contribution in [0.2, 0.25) is 10.0 Å². The first kappa shape index (κ1) is 21.4. The average molecular weight is 443 g/mol. The topological polar surface area (TPSA) is 38.8 Å². The Balaban J connectivity index is 1.64. The van der Waals surface area contributed by atoms with Gasteiger partial charge in [-0.2, -0.15) is 0 Å². The summed E-state index contributed by atoms with van der Waals surface area (Å²) in [5.41, 5.74) is 2.87. The molecule has 1 unspecified atom stereocenters. The lowest BCUT2D eigenvalue weighted by Crippen LogP contribution is -2.39. The van der Waals surface area contributed by atoms with E-state index in [2.05, 4.69) is 11.0 Å². The van der Waals surface area contributed by atoms with E-state index in [-0.39, 0.29) is 11.3 Å². The minimum absolute atomic E-state index is 0.0371. The molecule has 1 fully saturated rings. The predicted octanol–water partition coefficient (Wildman–Crippen LogP) is 5.41. The van der Waals surface area contributed by atoms with Crippen molar-refractivity contribution in [3.05, 3.63) is 63.1 Å². The van der Waals surface area contributed by atoms with Crippen LogP contribution in [0.4, 0.5) is 0 Å². The molecule has 1 aliphatic heterocycles. The van der Waals surface area contributed by atoms with E-state index in [0.717, 1.165) is 35.5 Å². The molecule has 28 heavy (non-hydrogen) atoms. The maximum absolute atomic E-state index is 11.0. The lowest BCUT2D eigenvalue weighted by Gasteiger charge is -2.33. The van der Waals surface area contributed by atoms with E-state index in [1.807, 2.05) is 25.1 Å². The number of carbonyl (C=O) groups excluding carboxylic acids is 1. The molecule has 0 spiro atoms. The molecule has 1 saturated heterocycles. The zero-order chi connectivity index (χ0) is 20.1. The van der Waals surface area contributed by atoms with E-state index in [4.69, 9.17) is 44.3 Å². The number of halogens is 3. The van der Waals surface area contributed by atoms with Crippen molar-refractivity contribution >= 4 is 40.0 Å². The molecular formula is C21H22Cl3NO3. The fourth-order valence-corrected chi connectivity index (χ4v) is 3.80. The first-order valence-electron chi connectivity index (χ1n) is 9.12. The Bertz CT molecular complexity index is 823. The van der Waals surface area contributed by atoms with Gasteiger partial charge in [0.05, 0.1) is 12.7 Å². The summed E-state index contributed by atoms with van der Waals surface area (Å²) in [5.74, 6) is 0.778. The van der Waals surface area contributed by atoms with Gasteiger partial charge in [-0.3, -0.25) is 9.69 Å². The van der Waals surface area contributed by atoms with Crippen molar-refractivity contribution in [3.63, 3.8) is 0 Å². The molecule has 2 aromatic rings. The summed E-state index contributed by atoms with van der Waals surface area (Å²) in [6, 6.07) is 11.4. The van der Waals surface area contributed by atoms with Gasteiger partial charge in [0.2, 0.25) is 5.24 Å². The van der Waals surface area contributed by atoms with Gasteiger partial charge in [-0.25, -0.2) is 0 Å². The zero-order valence-corrected chi connectivity index (χ0v) is 17.9. The molecule has 0 aromatic heterocycles. The summed E-state index contributed by atoms with van der Waals surface area (Å²) in [6.45, 7) is 5.13. The van der Waals surface area contributed by atoms with Crippen LogP contribution in [-0.4, -0.2) is 36.4 Å². The van der Waals surface area contributed by atoms with Crippen LogP contribution in [0.15, 0.2) is 36.4 Å². The van der Waals surface area contributed by atoms with Crippen LogP contribution in [0.3, 0.4) is 0 Å². The van der Waals surface area contributed by atoms with E-state index in [1.165, 1.54) is 0 Å². The molecule has 0 aliphatic carbocycles. The van der Waals surface area contributed by atoms with Gasteiger partial charge in [0, 0.05) is 41.7 Å². The molecule has 0 saturated carbocycles. The fourth-order valence-electron chi connectivity index (χ4n) is 3.21. The smallest absolute Gasteiger partial charge is 0.222 e. The third kappa shape index (κ3) is 5.62. The summed E-state index contributed by atoms with van der Waals surface area (Å²) >= 11 is 17.9. The van der Waals surface area contributed by atoms with Crippen molar-refractivity contribution in [1.29, 1.82) is 0 Å². The Kier molecular flexibility index (Phi) is 7.61. The van der Waals surface area contributed by atoms with Crippen LogP contribution in [0, 0.1) is 6.92 Å². The highest BCUT2D eigenvalue weighted by Crippen LogP contribution is 2.30. The van der Waals surface area contributed by atoms with E-state index >= 15 is 0 Å². The molecule has 2 aromatic carbocycles. The van der Waals surface area contributed by atoms with Gasteiger partial charge in [-0.1, -0.05) is 35.3 Å². The second-order valence-corrected chi connectivity index (χ2v) is 8.01. The molecule has 3 rings (SSSR count). The summed E-state index contributed by atoms with van der Waals surface area (Å²) in [6.07, 6.45) is 0.315. The lowest BCUT2D eigenvalue weighted by molar-refractivity contribution is -0.112. The van der Waals surface area contributed by atoms with Crippen molar-refractivity contribution in [2.24, 2.45) is 0 Å². The monoisotopic (exact) mass is 441 g/mol. The van der Waals surface area contributed by atoms with Gasteiger partial charge in [-0.15, -0.1) is 0 Å². The molecule has 0 amide bonds. The second-order valence-electron chi connectivity index (χ2n) is 6.78. The number of hydrogen-bond donors (Lipinski definition) is 0. The van der Waals surface area contributed by atoms with Crippen LogP contribution in [-0.2, 0) is 16.1 Å². The Morgan fingerprint density at radius 1 is 1.25 bits per heavy atom. The van der Waals surface area contributed by atoms with Crippen molar-refractivity contribution in [2.45, 2.75) is 26.1 Å². The quantitative estimate of drug-likeness (QED) is 0.537. The third-order valence-corrected chi connectivity index (χ3v) is 5.68. The molecule has 1 atom stereocenters. The Morgan fingerprint density at radius 2 is 2.00 bits per heavy atom. The normalized spacial score (nSPS) is 17.5. The molecule has 1 heterocycles. The first-order chi connectivity index (χ1) is 13.4. The number of carbonyl (C=O) groups is 1. The fraction of sp³-hybridized carbons (Fsp3) is 0.381. The van der Waals surface area contributed by atoms with Crippen molar-refractivity contribution in [2.75, 3.05) is 26.2 Å². The number of benzene rings is 2. The summed E-state index contributed by atoms with van der Waals surface area (Å²) in [7, 11) is 0. The lowest BCUT2D eigenvalue weighted by atomic mass is 10.0. The zero-order valence-electron chi connectivity index (χ0n) is 15.6. The van der Waals surface area contributed by atoms with E-state index in [0.29, 0.717) is 36.2 Å². The minimum Gasteiger partial charge on any atom is -0.489 e. The van der Waals surface area contributed by atoms with Crippen LogP contribution >= 0.6 is 34.8 Å². The van der Waals surface area contributed by atoms with Crippen LogP contribution in [0.1, 0.15) is 29.2 Å². The highest BCUT2D eigenvalue weighted by molar-refractivity contribution is 6.63. The average Bonchev–Trinajstić information content (AvgIpc) is 2.67. The Labute approximate surface area is 180 Å². The molecule has 1 aliphatic rings. The van der Waals surface area contributed by atoms with E-state index in [1.54, 1.807) is 12.1 Å². The van der Waals surface area contributed by atoms with Crippen LogP contribution in [0.25, 0.3) is 0 Å². The molecule has 0 bridgehead atoms. The Morgan fingerprint density at radius 3 is 2.68 bits per heavy atom. The molecule has 4 nitrogen and oxygen atoms in total. The highest BCUT2D eigenvalue weighted by atomic mass is 35.5. The molecular weight excluding hydrogens is 421 g/mol. The number of hydrogen-bond acceptors (Lipinski definition) is 4. The van der Waals surface area contributed by atoms with Gasteiger partial charge in [-0.05, 0) is 53.9 Å². The number of morpholine rings is 1. The van der Waals surface area contributed by atoms with Crippen molar-refractivity contribution in [3.8, 4) is 5.75 Å². The highest BCUT2D eigenvalue weighted by Gasteiger charge is 2.22. The SMILES string of the molecule is Cc1cc(C2CN(CCC(=O)Cl)CCO2)ccc1OCc1c(Cl)cccc1Cl. The standard InChI is InChI=1S/C21H22Cl3NO3/c1-14-11-15(20-12-25(9-10-27-20)8-7-21(24)26)5-6-19(14)28-13-16-17(22)3-2-4-18(16)23/h2-6,11,20H,7-10,12-13H2,1H3. The van der Waals surface area contributed by atoms with Crippen LogP contribution < -0.4 is 4.74 Å². The number of ether oxygens (including phenoxy) is 2. The minimum atomic E-state index is -0.306. The summed E-state index contributed by atoms with van der Waals surface area (Å²) in [4.78, 5) is 13.2. The van der Waals surface area contributed by atoms with Gasteiger partial charge in [0.15, 0.2) is 0 Å². The summed E-state index contributed by atoms with van der Waals surface area (Å²) < 4.78 is 11.9. The number of nitrogens with zero attached hydrogens (tertiary/aromatic N) is 1. The maximum atomic E-state index is 11.0. The maximum Gasteiger partial charge on any atom is 0.222 e. The Hall–Kier alpha value is -1.30. The van der Waals surface area contributed by atoms with Crippen molar-refractivity contribution in [1.82, 2.24) is 4.90 Å². The van der Waals surface area contributed by atoms with E-state index < -0.39 is 0 Å². The first-order valence-corrected chi connectivity index (χ1v) is 10.3. The number of aryl methyl sites for hydroxylation is 1. The summed E-state index contributed by atoms with van der Waals surface area (Å²) in [5, 5.41) is 0.875. The third-order valence-electron chi connectivity index (χ3n) is 4.78. The molecule has 7 heteroatoms. The van der Waals surface area contributed by atoms with Gasteiger partial charge < -0.3 is 9.47 Å². The second kappa shape index (κ2) is 9.95. The predicted molar refractivity (Wildman–Crippen MR) is 113 cm³/mol. The molecule has 0 N–H and O–H groups in total. The molecule has 150 valence electrons.